The largest absolute Gasteiger partial charge is 0.330 e. The standard InChI is InChI=1S/C19H22F2N2/c1-13(15-7-8-18(20)19(21)9-15)23-11-16(10-22)17(12-23)14-5-3-2-4-6-14/h2-9,13,16-17H,10-12,22H2,1H3/t13?,16-,17+/m1/s1. The van der Waals surface area contributed by atoms with Crippen LogP contribution in [0.4, 0.5) is 8.78 Å². The molecule has 0 spiro atoms. The molecule has 3 atom stereocenters. The number of rotatable bonds is 4. The second kappa shape index (κ2) is 6.77. The van der Waals surface area contributed by atoms with Crippen molar-refractivity contribution < 1.29 is 8.78 Å². The van der Waals surface area contributed by atoms with Gasteiger partial charge in [-0.1, -0.05) is 36.4 Å². The Kier molecular flexibility index (Phi) is 4.74. The molecule has 1 aliphatic rings. The first-order valence-electron chi connectivity index (χ1n) is 8.04. The van der Waals surface area contributed by atoms with Gasteiger partial charge in [-0.15, -0.1) is 0 Å². The zero-order valence-electron chi connectivity index (χ0n) is 13.3. The zero-order valence-corrected chi connectivity index (χ0v) is 13.3. The summed E-state index contributed by atoms with van der Waals surface area (Å²) < 4.78 is 26.6. The minimum Gasteiger partial charge on any atom is -0.330 e. The molecule has 3 rings (SSSR count). The molecule has 0 aromatic heterocycles. The Bertz CT molecular complexity index is 660. The number of halogens is 2. The summed E-state index contributed by atoms with van der Waals surface area (Å²) >= 11 is 0. The van der Waals surface area contributed by atoms with E-state index in [2.05, 4.69) is 17.0 Å². The maximum atomic E-state index is 13.5. The van der Waals surface area contributed by atoms with E-state index in [1.807, 2.05) is 25.1 Å². The van der Waals surface area contributed by atoms with Crippen LogP contribution < -0.4 is 5.73 Å². The third kappa shape index (κ3) is 3.28. The lowest BCUT2D eigenvalue weighted by molar-refractivity contribution is 0.251. The Balaban J connectivity index is 1.80. The van der Waals surface area contributed by atoms with E-state index < -0.39 is 11.6 Å². The van der Waals surface area contributed by atoms with Crippen molar-refractivity contribution in [3.8, 4) is 0 Å². The van der Waals surface area contributed by atoms with E-state index in [1.165, 1.54) is 17.7 Å². The van der Waals surface area contributed by atoms with Gasteiger partial charge in [0, 0.05) is 25.0 Å². The van der Waals surface area contributed by atoms with Crippen molar-refractivity contribution in [2.24, 2.45) is 11.7 Å². The first-order chi connectivity index (χ1) is 11.1. The maximum Gasteiger partial charge on any atom is 0.159 e. The van der Waals surface area contributed by atoms with Crippen molar-refractivity contribution in [2.75, 3.05) is 19.6 Å². The molecule has 1 unspecified atom stereocenters. The normalized spacial score (nSPS) is 23.1. The van der Waals surface area contributed by atoms with E-state index in [0.29, 0.717) is 18.4 Å². The maximum absolute atomic E-state index is 13.5. The SMILES string of the molecule is CC(c1ccc(F)c(F)c1)N1C[C@@H](CN)[C@H](c2ccccc2)C1. The van der Waals surface area contributed by atoms with Gasteiger partial charge in [0.2, 0.25) is 0 Å². The van der Waals surface area contributed by atoms with E-state index in [-0.39, 0.29) is 6.04 Å². The summed E-state index contributed by atoms with van der Waals surface area (Å²) in [6.07, 6.45) is 0. The molecule has 0 radical (unpaired) electrons. The fourth-order valence-electron chi connectivity index (χ4n) is 3.52. The van der Waals surface area contributed by atoms with Gasteiger partial charge < -0.3 is 5.73 Å². The van der Waals surface area contributed by atoms with Crippen LogP contribution in [0.1, 0.15) is 30.0 Å². The predicted molar refractivity (Wildman–Crippen MR) is 88.1 cm³/mol. The monoisotopic (exact) mass is 316 g/mol. The number of hydrogen-bond acceptors (Lipinski definition) is 2. The van der Waals surface area contributed by atoms with Crippen molar-refractivity contribution in [3.05, 3.63) is 71.3 Å². The van der Waals surface area contributed by atoms with Crippen molar-refractivity contribution in [2.45, 2.75) is 18.9 Å². The fourth-order valence-corrected chi connectivity index (χ4v) is 3.52. The van der Waals surface area contributed by atoms with Crippen LogP contribution in [-0.2, 0) is 0 Å². The molecule has 0 aliphatic carbocycles. The van der Waals surface area contributed by atoms with E-state index in [0.717, 1.165) is 18.7 Å². The highest BCUT2D eigenvalue weighted by atomic mass is 19.2. The van der Waals surface area contributed by atoms with Gasteiger partial charge in [-0.3, -0.25) is 4.90 Å². The number of nitrogens with two attached hydrogens (primary N) is 1. The molecule has 2 aromatic rings. The molecule has 1 aliphatic heterocycles. The average Bonchev–Trinajstić information content (AvgIpc) is 3.02. The lowest BCUT2D eigenvalue weighted by Gasteiger charge is -2.25. The van der Waals surface area contributed by atoms with E-state index >= 15 is 0 Å². The molecule has 2 N–H and O–H groups in total. The second-order valence-corrected chi connectivity index (χ2v) is 6.32. The van der Waals surface area contributed by atoms with Gasteiger partial charge in [0.05, 0.1) is 0 Å². The highest BCUT2D eigenvalue weighted by molar-refractivity contribution is 5.25. The number of likely N-dealkylation sites (tertiary alicyclic amines) is 1. The van der Waals surface area contributed by atoms with Crippen molar-refractivity contribution in [1.82, 2.24) is 4.90 Å². The second-order valence-electron chi connectivity index (χ2n) is 6.32. The Morgan fingerprint density at radius 2 is 1.83 bits per heavy atom. The van der Waals surface area contributed by atoms with E-state index in [1.54, 1.807) is 6.07 Å². The third-order valence-electron chi connectivity index (χ3n) is 4.97. The molecule has 1 fully saturated rings. The molecule has 122 valence electrons. The minimum atomic E-state index is -0.802. The third-order valence-corrected chi connectivity index (χ3v) is 4.97. The highest BCUT2D eigenvalue weighted by Crippen LogP contribution is 2.36. The number of benzene rings is 2. The molecule has 23 heavy (non-hydrogen) atoms. The molecule has 2 nitrogen and oxygen atoms in total. The van der Waals surface area contributed by atoms with Crippen molar-refractivity contribution >= 4 is 0 Å². The Hall–Kier alpha value is -1.78. The molecular formula is C19H22F2N2. The molecule has 0 saturated carbocycles. The van der Waals surface area contributed by atoms with Crippen molar-refractivity contribution in [3.63, 3.8) is 0 Å². The van der Waals surface area contributed by atoms with Gasteiger partial charge in [-0.2, -0.15) is 0 Å². The summed E-state index contributed by atoms with van der Waals surface area (Å²) in [5, 5.41) is 0. The average molecular weight is 316 g/mol. The van der Waals surface area contributed by atoms with Gasteiger partial charge in [-0.25, -0.2) is 8.78 Å². The van der Waals surface area contributed by atoms with Crippen LogP contribution in [0.25, 0.3) is 0 Å². The summed E-state index contributed by atoms with van der Waals surface area (Å²) in [6, 6.07) is 14.6. The Morgan fingerprint density at radius 1 is 1.09 bits per heavy atom. The van der Waals surface area contributed by atoms with E-state index in [4.69, 9.17) is 5.73 Å². The number of hydrogen-bond donors (Lipinski definition) is 1. The quantitative estimate of drug-likeness (QED) is 0.932. The van der Waals surface area contributed by atoms with Gasteiger partial charge in [0.15, 0.2) is 11.6 Å². The van der Waals surface area contributed by atoms with Gasteiger partial charge in [0.25, 0.3) is 0 Å². The Morgan fingerprint density at radius 3 is 2.48 bits per heavy atom. The molecule has 1 heterocycles. The zero-order chi connectivity index (χ0) is 16.4. The van der Waals surface area contributed by atoms with Crippen LogP contribution in [0.3, 0.4) is 0 Å². The summed E-state index contributed by atoms with van der Waals surface area (Å²) in [7, 11) is 0. The summed E-state index contributed by atoms with van der Waals surface area (Å²) in [6.45, 7) is 4.41. The molecular weight excluding hydrogens is 294 g/mol. The number of nitrogens with zero attached hydrogens (tertiary/aromatic N) is 1. The van der Waals surface area contributed by atoms with Crippen LogP contribution >= 0.6 is 0 Å². The van der Waals surface area contributed by atoms with Gasteiger partial charge in [0.1, 0.15) is 0 Å². The molecule has 1 saturated heterocycles. The molecule has 4 heteroatoms. The van der Waals surface area contributed by atoms with Gasteiger partial charge in [-0.05, 0) is 42.6 Å². The molecule has 0 bridgehead atoms. The van der Waals surface area contributed by atoms with Crippen LogP contribution in [0.2, 0.25) is 0 Å². The molecule has 0 amide bonds. The first-order valence-corrected chi connectivity index (χ1v) is 8.04. The summed E-state index contributed by atoms with van der Waals surface area (Å²) in [4.78, 5) is 2.31. The Labute approximate surface area is 135 Å². The van der Waals surface area contributed by atoms with Crippen molar-refractivity contribution in [1.29, 1.82) is 0 Å². The summed E-state index contributed by atoms with van der Waals surface area (Å²) in [5.41, 5.74) is 8.06. The smallest absolute Gasteiger partial charge is 0.159 e. The lowest BCUT2D eigenvalue weighted by Crippen LogP contribution is -2.26. The topological polar surface area (TPSA) is 29.3 Å². The van der Waals surface area contributed by atoms with E-state index in [9.17, 15) is 8.78 Å². The van der Waals surface area contributed by atoms with Crippen LogP contribution in [0, 0.1) is 17.6 Å². The fraction of sp³-hybridized carbons (Fsp3) is 0.368. The first kappa shape index (κ1) is 16.1. The van der Waals surface area contributed by atoms with Crippen LogP contribution in [0.15, 0.2) is 48.5 Å². The predicted octanol–water partition coefficient (Wildman–Crippen LogP) is 3.70. The summed E-state index contributed by atoms with van der Waals surface area (Å²) in [5.74, 6) is -0.827. The minimum absolute atomic E-state index is 0.0351. The molecule has 2 aromatic carbocycles. The lowest BCUT2D eigenvalue weighted by atomic mass is 9.89. The van der Waals surface area contributed by atoms with Crippen LogP contribution in [-0.4, -0.2) is 24.5 Å². The van der Waals surface area contributed by atoms with Crippen LogP contribution in [0.5, 0.6) is 0 Å². The highest BCUT2D eigenvalue weighted by Gasteiger charge is 2.35. The van der Waals surface area contributed by atoms with Gasteiger partial charge >= 0.3 is 0 Å².